The molecule has 0 atom stereocenters. The third-order valence-electron chi connectivity index (χ3n) is 3.39. The highest BCUT2D eigenvalue weighted by molar-refractivity contribution is 8.00. The monoisotopic (exact) mass is 381 g/mol. The zero-order valence-electron chi connectivity index (χ0n) is 14.8. The van der Waals surface area contributed by atoms with E-state index in [1.54, 1.807) is 18.5 Å². The van der Waals surface area contributed by atoms with Gasteiger partial charge in [-0.05, 0) is 31.2 Å². The van der Waals surface area contributed by atoms with Gasteiger partial charge in [0.25, 0.3) is 5.88 Å². The lowest BCUT2D eigenvalue weighted by molar-refractivity contribution is -0.113. The van der Waals surface area contributed by atoms with Crippen molar-refractivity contribution in [2.75, 3.05) is 17.7 Å². The van der Waals surface area contributed by atoms with E-state index in [2.05, 4.69) is 15.3 Å². The third-order valence-corrected chi connectivity index (χ3v) is 4.35. The zero-order valence-corrected chi connectivity index (χ0v) is 15.6. The predicted molar refractivity (Wildman–Crippen MR) is 106 cm³/mol. The Morgan fingerprint density at radius 1 is 1.04 bits per heavy atom. The summed E-state index contributed by atoms with van der Waals surface area (Å²) < 4.78 is 11.3. The van der Waals surface area contributed by atoms with Crippen LogP contribution in [0.1, 0.15) is 6.92 Å². The summed E-state index contributed by atoms with van der Waals surface area (Å²) in [5.41, 5.74) is 0.643. The van der Waals surface area contributed by atoms with Crippen molar-refractivity contribution in [1.29, 1.82) is 0 Å². The molecule has 138 valence electrons. The maximum atomic E-state index is 12.3. The first-order chi connectivity index (χ1) is 13.3. The number of benzene rings is 2. The van der Waals surface area contributed by atoms with Gasteiger partial charge in [0.1, 0.15) is 11.5 Å². The Kier molecular flexibility index (Phi) is 6.65. The van der Waals surface area contributed by atoms with Crippen LogP contribution >= 0.6 is 11.8 Å². The van der Waals surface area contributed by atoms with Crippen molar-refractivity contribution in [3.63, 3.8) is 0 Å². The Balaban J connectivity index is 1.63. The molecular formula is C20H19N3O3S. The molecule has 0 fully saturated rings. The molecule has 27 heavy (non-hydrogen) atoms. The first kappa shape index (κ1) is 18.7. The van der Waals surface area contributed by atoms with Crippen LogP contribution in [0.5, 0.6) is 17.4 Å². The number of nitrogens with zero attached hydrogens (tertiary/aromatic N) is 2. The number of anilines is 1. The Hall–Kier alpha value is -3.06. The van der Waals surface area contributed by atoms with Gasteiger partial charge in [-0.3, -0.25) is 4.79 Å². The minimum atomic E-state index is -0.163. The molecule has 2 aromatic carbocycles. The number of ether oxygens (including phenoxy) is 2. The van der Waals surface area contributed by atoms with E-state index in [0.29, 0.717) is 34.7 Å². The van der Waals surface area contributed by atoms with Gasteiger partial charge in [0.15, 0.2) is 5.03 Å². The lowest BCUT2D eigenvalue weighted by Gasteiger charge is -2.11. The van der Waals surface area contributed by atoms with Crippen LogP contribution < -0.4 is 14.8 Å². The molecule has 7 heteroatoms. The maximum Gasteiger partial charge on any atom is 0.252 e. The molecule has 0 aliphatic carbocycles. The minimum Gasteiger partial charge on any atom is -0.492 e. The molecule has 6 nitrogen and oxygen atoms in total. The normalized spacial score (nSPS) is 10.3. The molecule has 3 rings (SSSR count). The topological polar surface area (TPSA) is 73.3 Å². The summed E-state index contributed by atoms with van der Waals surface area (Å²) in [6.45, 7) is 2.43. The van der Waals surface area contributed by atoms with E-state index in [0.717, 1.165) is 0 Å². The van der Waals surface area contributed by atoms with Crippen LogP contribution in [0.4, 0.5) is 5.69 Å². The second-order valence-electron chi connectivity index (χ2n) is 5.35. The van der Waals surface area contributed by atoms with Crippen LogP contribution in [0, 0.1) is 0 Å². The highest BCUT2D eigenvalue weighted by Crippen LogP contribution is 2.29. The second-order valence-corrected chi connectivity index (χ2v) is 6.31. The first-order valence-electron chi connectivity index (χ1n) is 8.44. The van der Waals surface area contributed by atoms with Crippen LogP contribution in [0.15, 0.2) is 72.0 Å². The molecule has 0 bridgehead atoms. The number of hydrogen-bond donors (Lipinski definition) is 1. The Morgan fingerprint density at radius 3 is 2.59 bits per heavy atom. The summed E-state index contributed by atoms with van der Waals surface area (Å²) >= 11 is 1.26. The van der Waals surface area contributed by atoms with Crippen LogP contribution in [0.25, 0.3) is 0 Å². The summed E-state index contributed by atoms with van der Waals surface area (Å²) in [5.74, 6) is 1.69. The first-order valence-corrected chi connectivity index (χ1v) is 9.43. The number of carbonyl (C=O) groups is 1. The van der Waals surface area contributed by atoms with E-state index < -0.39 is 0 Å². The number of hydrogen-bond acceptors (Lipinski definition) is 6. The van der Waals surface area contributed by atoms with Gasteiger partial charge in [0, 0.05) is 12.4 Å². The van der Waals surface area contributed by atoms with Gasteiger partial charge in [-0.15, -0.1) is 0 Å². The molecule has 0 spiro atoms. The van der Waals surface area contributed by atoms with Crippen LogP contribution in [-0.2, 0) is 4.79 Å². The molecule has 0 saturated carbocycles. The Morgan fingerprint density at radius 2 is 1.78 bits per heavy atom. The number of carbonyl (C=O) groups excluding carboxylic acids is 1. The van der Waals surface area contributed by atoms with Gasteiger partial charge in [-0.2, -0.15) is 0 Å². The molecule has 0 aliphatic heterocycles. The number of amides is 1. The summed E-state index contributed by atoms with van der Waals surface area (Å²) in [7, 11) is 0. The van der Waals surface area contributed by atoms with Crippen molar-refractivity contribution in [2.45, 2.75) is 11.9 Å². The fourth-order valence-electron chi connectivity index (χ4n) is 2.25. The van der Waals surface area contributed by atoms with E-state index in [-0.39, 0.29) is 11.7 Å². The van der Waals surface area contributed by atoms with Crippen LogP contribution in [-0.4, -0.2) is 28.2 Å². The van der Waals surface area contributed by atoms with Crippen molar-refractivity contribution >= 4 is 23.4 Å². The van der Waals surface area contributed by atoms with E-state index in [9.17, 15) is 4.79 Å². The van der Waals surface area contributed by atoms with Gasteiger partial charge in [-0.25, -0.2) is 9.97 Å². The molecule has 0 aliphatic rings. The van der Waals surface area contributed by atoms with Crippen molar-refractivity contribution in [3.05, 3.63) is 67.0 Å². The van der Waals surface area contributed by atoms with Crippen LogP contribution in [0.2, 0.25) is 0 Å². The van der Waals surface area contributed by atoms with Gasteiger partial charge >= 0.3 is 0 Å². The van der Waals surface area contributed by atoms with Crippen molar-refractivity contribution in [3.8, 4) is 17.4 Å². The van der Waals surface area contributed by atoms with E-state index >= 15 is 0 Å². The van der Waals surface area contributed by atoms with E-state index in [1.807, 2.05) is 55.5 Å². The average molecular weight is 381 g/mol. The standard InChI is InChI=1S/C20H19N3O3S/c1-2-25-17-11-7-6-10-16(17)23-18(24)14-27-20-19(21-12-13-22-20)26-15-8-4-3-5-9-15/h3-13H,2,14H2,1H3,(H,23,24). The molecule has 3 aromatic rings. The van der Waals surface area contributed by atoms with Crippen molar-refractivity contribution < 1.29 is 14.3 Å². The molecule has 0 saturated heterocycles. The Bertz CT molecular complexity index is 890. The number of nitrogens with one attached hydrogen (secondary N) is 1. The lowest BCUT2D eigenvalue weighted by Crippen LogP contribution is -2.15. The van der Waals surface area contributed by atoms with Gasteiger partial charge in [0.05, 0.1) is 18.0 Å². The molecule has 1 amide bonds. The molecule has 1 heterocycles. The molecule has 0 unspecified atom stereocenters. The SMILES string of the molecule is CCOc1ccccc1NC(=O)CSc1nccnc1Oc1ccccc1. The summed E-state index contributed by atoms with van der Waals surface area (Å²) in [5, 5.41) is 3.41. The van der Waals surface area contributed by atoms with E-state index in [1.165, 1.54) is 11.8 Å². The predicted octanol–water partition coefficient (Wildman–Crippen LogP) is 4.40. The average Bonchev–Trinajstić information content (AvgIpc) is 2.70. The summed E-state index contributed by atoms with van der Waals surface area (Å²) in [6.07, 6.45) is 3.13. The number of rotatable bonds is 8. The lowest BCUT2D eigenvalue weighted by atomic mass is 10.3. The maximum absolute atomic E-state index is 12.3. The summed E-state index contributed by atoms with van der Waals surface area (Å²) in [6, 6.07) is 16.7. The third kappa shape index (κ3) is 5.46. The number of thioether (sulfide) groups is 1. The second kappa shape index (κ2) is 9.59. The van der Waals surface area contributed by atoms with Crippen molar-refractivity contribution in [2.24, 2.45) is 0 Å². The van der Waals surface area contributed by atoms with Crippen molar-refractivity contribution in [1.82, 2.24) is 9.97 Å². The fraction of sp³-hybridized carbons (Fsp3) is 0.150. The highest BCUT2D eigenvalue weighted by Gasteiger charge is 2.12. The van der Waals surface area contributed by atoms with Crippen LogP contribution in [0.3, 0.4) is 0 Å². The number of para-hydroxylation sites is 3. The van der Waals surface area contributed by atoms with Gasteiger partial charge in [-0.1, -0.05) is 42.1 Å². The quantitative estimate of drug-likeness (QED) is 0.583. The van der Waals surface area contributed by atoms with E-state index in [4.69, 9.17) is 9.47 Å². The Labute approximate surface area is 162 Å². The largest absolute Gasteiger partial charge is 0.492 e. The minimum absolute atomic E-state index is 0.163. The molecular weight excluding hydrogens is 362 g/mol. The van der Waals surface area contributed by atoms with Gasteiger partial charge in [0.2, 0.25) is 5.91 Å². The van der Waals surface area contributed by atoms with Gasteiger partial charge < -0.3 is 14.8 Å². The fourth-order valence-corrected chi connectivity index (χ4v) is 2.95. The number of aromatic nitrogens is 2. The molecule has 1 N–H and O–H groups in total. The summed E-state index contributed by atoms with van der Waals surface area (Å²) in [4.78, 5) is 20.8. The smallest absolute Gasteiger partial charge is 0.252 e. The zero-order chi connectivity index (χ0) is 18.9. The molecule has 0 radical (unpaired) electrons. The highest BCUT2D eigenvalue weighted by atomic mass is 32.2. The molecule has 1 aromatic heterocycles.